The van der Waals surface area contributed by atoms with Crippen LogP contribution < -0.4 is 5.32 Å². The van der Waals surface area contributed by atoms with Crippen LogP contribution in [0.4, 0.5) is 11.5 Å². The fourth-order valence-electron chi connectivity index (χ4n) is 4.97. The number of β-amino-alcohol motifs (C(OH)–C–C–N with tert-alkyl or cyclic N) is 1. The van der Waals surface area contributed by atoms with Crippen LogP contribution in [0.15, 0.2) is 65.8 Å². The van der Waals surface area contributed by atoms with Crippen molar-refractivity contribution in [2.45, 2.75) is 36.4 Å². The predicted octanol–water partition coefficient (Wildman–Crippen LogP) is 2.26. The third-order valence-electron chi connectivity index (χ3n) is 6.90. The number of rotatable bonds is 5. The average Bonchev–Trinajstić information content (AvgIpc) is 2.88. The Kier molecular flexibility index (Phi) is 6.74. The molecule has 1 fully saturated rings. The first-order chi connectivity index (χ1) is 17.3. The quantitative estimate of drug-likeness (QED) is 0.540. The number of aromatic nitrogens is 2. The molecule has 2 atom stereocenters. The zero-order valence-corrected chi connectivity index (χ0v) is 20.9. The van der Waals surface area contributed by atoms with Crippen LogP contribution in [0.25, 0.3) is 0 Å². The molecule has 36 heavy (non-hydrogen) atoms. The number of sulfone groups is 1. The molecule has 1 aromatic heterocycles. The van der Waals surface area contributed by atoms with E-state index in [1.807, 2.05) is 0 Å². The van der Waals surface area contributed by atoms with Gasteiger partial charge in [-0.3, -0.25) is 9.69 Å². The van der Waals surface area contributed by atoms with E-state index in [4.69, 9.17) is 0 Å². The van der Waals surface area contributed by atoms with Crippen LogP contribution in [0.3, 0.4) is 0 Å². The number of aliphatic hydroxyl groups is 1. The van der Waals surface area contributed by atoms with Crippen molar-refractivity contribution in [2.75, 3.05) is 31.2 Å². The van der Waals surface area contributed by atoms with Gasteiger partial charge in [0.15, 0.2) is 9.84 Å². The summed E-state index contributed by atoms with van der Waals surface area (Å²) in [4.78, 5) is 25.7. The Morgan fingerprint density at radius 1 is 1.06 bits per heavy atom. The van der Waals surface area contributed by atoms with Gasteiger partial charge in [0, 0.05) is 50.2 Å². The smallest absolute Gasteiger partial charge is 0.272 e. The number of anilines is 2. The van der Waals surface area contributed by atoms with Crippen molar-refractivity contribution >= 4 is 27.2 Å². The van der Waals surface area contributed by atoms with Gasteiger partial charge in [-0.25, -0.2) is 18.4 Å². The van der Waals surface area contributed by atoms with Gasteiger partial charge >= 0.3 is 0 Å². The molecule has 0 aliphatic carbocycles. The van der Waals surface area contributed by atoms with E-state index in [1.165, 1.54) is 29.6 Å². The number of nitrogens with one attached hydrogen (secondary N) is 1. The maximum Gasteiger partial charge on any atom is 0.272 e. The molecule has 5 rings (SSSR count). The summed E-state index contributed by atoms with van der Waals surface area (Å²) in [5.41, 5.74) is 3.55. The Bertz CT molecular complexity index is 1360. The first-order valence-corrected chi connectivity index (χ1v) is 13.8. The highest BCUT2D eigenvalue weighted by atomic mass is 32.2. The van der Waals surface area contributed by atoms with Crippen molar-refractivity contribution in [2.24, 2.45) is 0 Å². The Morgan fingerprint density at radius 2 is 1.81 bits per heavy atom. The topological polar surface area (TPSA) is 116 Å². The number of aliphatic hydroxyl groups excluding tert-OH is 1. The van der Waals surface area contributed by atoms with Crippen molar-refractivity contribution in [1.29, 1.82) is 0 Å². The van der Waals surface area contributed by atoms with E-state index in [0.29, 0.717) is 24.5 Å². The van der Waals surface area contributed by atoms with Crippen LogP contribution in [-0.2, 0) is 22.8 Å². The molecule has 0 radical (unpaired) electrons. The molecule has 1 amide bonds. The van der Waals surface area contributed by atoms with E-state index in [2.05, 4.69) is 44.5 Å². The Morgan fingerprint density at radius 3 is 2.53 bits per heavy atom. The van der Waals surface area contributed by atoms with E-state index < -0.39 is 15.9 Å². The second-order valence-electron chi connectivity index (χ2n) is 9.37. The second-order valence-corrected chi connectivity index (χ2v) is 11.4. The highest BCUT2D eigenvalue weighted by Gasteiger charge is 2.35. The standard InChI is InChI=1S/C26H29N5O4S/c1-36(34,35)21-8-6-20(7-9-21)29-25-14-22(27-17-28-25)26(33)31-13-11-23(24(32)16-31)30-12-10-18-4-2-3-5-19(18)15-30/h2-9,14,17,23-24,32H,10-13,15-16H2,1H3,(H,27,28,29)/t23?,24-/m0/s1. The molecule has 2 N–H and O–H groups in total. The summed E-state index contributed by atoms with van der Waals surface area (Å²) in [5.74, 6) is 0.164. The van der Waals surface area contributed by atoms with Gasteiger partial charge in [0.1, 0.15) is 17.8 Å². The minimum atomic E-state index is -3.28. The second kappa shape index (κ2) is 9.96. The summed E-state index contributed by atoms with van der Waals surface area (Å²) in [6.07, 6.45) is 3.49. The van der Waals surface area contributed by atoms with Crippen LogP contribution >= 0.6 is 0 Å². The lowest BCUT2D eigenvalue weighted by Gasteiger charge is -2.43. The number of likely N-dealkylation sites (tertiary alicyclic amines) is 1. The zero-order chi connectivity index (χ0) is 25.3. The monoisotopic (exact) mass is 507 g/mol. The lowest BCUT2D eigenvalue weighted by Crippen LogP contribution is -2.56. The Hall–Kier alpha value is -3.34. The number of hydrogen-bond acceptors (Lipinski definition) is 8. The molecule has 3 heterocycles. The summed E-state index contributed by atoms with van der Waals surface area (Å²) >= 11 is 0. The number of fused-ring (bicyclic) bond motifs is 1. The lowest BCUT2D eigenvalue weighted by atomic mass is 9.94. The third-order valence-corrected chi connectivity index (χ3v) is 8.03. The summed E-state index contributed by atoms with van der Waals surface area (Å²) in [7, 11) is -3.28. The molecule has 3 aromatic rings. The summed E-state index contributed by atoms with van der Waals surface area (Å²) in [5, 5.41) is 14.0. The largest absolute Gasteiger partial charge is 0.390 e. The fraction of sp³-hybridized carbons (Fsp3) is 0.346. The number of benzene rings is 2. The number of piperidine rings is 1. The van der Waals surface area contributed by atoms with E-state index in [-0.39, 0.29) is 29.1 Å². The lowest BCUT2D eigenvalue weighted by molar-refractivity contribution is -0.0139. The zero-order valence-electron chi connectivity index (χ0n) is 20.0. The Labute approximate surface area is 210 Å². The average molecular weight is 508 g/mol. The van der Waals surface area contributed by atoms with Gasteiger partial charge in [-0.05, 0) is 48.2 Å². The van der Waals surface area contributed by atoms with Crippen molar-refractivity contribution in [3.05, 3.63) is 77.7 Å². The molecule has 2 aromatic carbocycles. The normalized spacial score (nSPS) is 20.6. The van der Waals surface area contributed by atoms with E-state index in [0.717, 1.165) is 25.8 Å². The molecule has 0 spiro atoms. The predicted molar refractivity (Wildman–Crippen MR) is 136 cm³/mol. The Balaban J connectivity index is 1.22. The van der Waals surface area contributed by atoms with Gasteiger partial charge in [0.05, 0.1) is 11.0 Å². The van der Waals surface area contributed by atoms with Crippen molar-refractivity contribution in [3.8, 4) is 0 Å². The minimum Gasteiger partial charge on any atom is -0.390 e. The molecular formula is C26H29N5O4S. The van der Waals surface area contributed by atoms with Crippen LogP contribution in [-0.4, -0.2) is 77.2 Å². The number of amides is 1. The van der Waals surface area contributed by atoms with Gasteiger partial charge in [-0.15, -0.1) is 0 Å². The molecule has 2 aliphatic rings. The highest BCUT2D eigenvalue weighted by molar-refractivity contribution is 7.90. The maximum atomic E-state index is 13.2. The number of nitrogens with zero attached hydrogens (tertiary/aromatic N) is 4. The molecule has 2 aliphatic heterocycles. The first-order valence-electron chi connectivity index (χ1n) is 12.0. The molecule has 0 bridgehead atoms. The maximum absolute atomic E-state index is 13.2. The van der Waals surface area contributed by atoms with Crippen LogP contribution in [0.1, 0.15) is 28.0 Å². The van der Waals surface area contributed by atoms with Gasteiger partial charge in [-0.2, -0.15) is 0 Å². The van der Waals surface area contributed by atoms with Gasteiger partial charge in [0.2, 0.25) is 0 Å². The minimum absolute atomic E-state index is 0.0138. The summed E-state index contributed by atoms with van der Waals surface area (Å²) in [6, 6.07) is 16.3. The van der Waals surface area contributed by atoms with Crippen molar-refractivity contribution in [3.63, 3.8) is 0 Å². The molecular weight excluding hydrogens is 478 g/mol. The molecule has 188 valence electrons. The molecule has 9 nitrogen and oxygen atoms in total. The highest BCUT2D eigenvalue weighted by Crippen LogP contribution is 2.26. The van der Waals surface area contributed by atoms with E-state index in [1.54, 1.807) is 23.1 Å². The van der Waals surface area contributed by atoms with Crippen molar-refractivity contribution < 1.29 is 18.3 Å². The molecule has 1 saturated heterocycles. The van der Waals surface area contributed by atoms with Crippen molar-refractivity contribution in [1.82, 2.24) is 19.8 Å². The first kappa shape index (κ1) is 24.4. The fourth-order valence-corrected chi connectivity index (χ4v) is 5.60. The van der Waals surface area contributed by atoms with Gasteiger partial charge in [0.25, 0.3) is 5.91 Å². The molecule has 1 unspecified atom stereocenters. The third kappa shape index (κ3) is 5.25. The summed E-state index contributed by atoms with van der Waals surface area (Å²) < 4.78 is 23.3. The molecule has 0 saturated carbocycles. The van der Waals surface area contributed by atoms with Gasteiger partial charge in [-0.1, -0.05) is 24.3 Å². The summed E-state index contributed by atoms with van der Waals surface area (Å²) in [6.45, 7) is 2.51. The SMILES string of the molecule is CS(=O)(=O)c1ccc(Nc2cc(C(=O)N3CCC(N4CCc5ccccc5C4)[C@@H](O)C3)ncn2)cc1. The van der Waals surface area contributed by atoms with Crippen LogP contribution in [0.2, 0.25) is 0 Å². The van der Waals surface area contributed by atoms with E-state index in [9.17, 15) is 18.3 Å². The van der Waals surface area contributed by atoms with Gasteiger partial charge < -0.3 is 15.3 Å². The number of hydrogen-bond donors (Lipinski definition) is 2. The van der Waals surface area contributed by atoms with Crippen LogP contribution in [0, 0.1) is 0 Å². The van der Waals surface area contributed by atoms with Crippen LogP contribution in [0.5, 0.6) is 0 Å². The van der Waals surface area contributed by atoms with E-state index >= 15 is 0 Å². The molecule has 10 heteroatoms. The number of carbonyl (C=O) groups is 1. The number of carbonyl (C=O) groups excluding carboxylic acids is 1.